The van der Waals surface area contributed by atoms with Crippen LogP contribution in [0.4, 0.5) is 0 Å². The first kappa shape index (κ1) is 14.4. The molecule has 100 valence electrons. The molecule has 0 spiro atoms. The van der Waals surface area contributed by atoms with Crippen molar-refractivity contribution in [2.75, 3.05) is 32.6 Å². The second-order valence-corrected chi connectivity index (χ2v) is 6.05. The van der Waals surface area contributed by atoms with E-state index in [9.17, 15) is 13.2 Å². The van der Waals surface area contributed by atoms with Crippen molar-refractivity contribution in [3.8, 4) is 0 Å². The molecular formula is C10H20N2O4S. The predicted octanol–water partition coefficient (Wildman–Crippen LogP) is -0.531. The van der Waals surface area contributed by atoms with Gasteiger partial charge in [-0.05, 0) is 19.3 Å². The van der Waals surface area contributed by atoms with Crippen molar-refractivity contribution < 1.29 is 17.9 Å². The van der Waals surface area contributed by atoms with Gasteiger partial charge in [0, 0.05) is 32.7 Å². The van der Waals surface area contributed by atoms with Crippen LogP contribution in [0.1, 0.15) is 19.3 Å². The highest BCUT2D eigenvalue weighted by Crippen LogP contribution is 2.28. The van der Waals surface area contributed by atoms with E-state index in [-0.39, 0.29) is 24.1 Å². The molecule has 1 rings (SSSR count). The Hall–Kier alpha value is -0.660. The lowest BCUT2D eigenvalue weighted by Crippen LogP contribution is -2.36. The monoisotopic (exact) mass is 264 g/mol. The average Bonchev–Trinajstić information content (AvgIpc) is 3.08. The van der Waals surface area contributed by atoms with Crippen LogP contribution in [0.15, 0.2) is 0 Å². The minimum Gasteiger partial charge on any atom is -0.385 e. The van der Waals surface area contributed by atoms with E-state index in [0.29, 0.717) is 19.6 Å². The van der Waals surface area contributed by atoms with E-state index >= 15 is 0 Å². The molecule has 1 aliphatic rings. The van der Waals surface area contributed by atoms with Crippen molar-refractivity contribution >= 4 is 15.9 Å². The molecule has 0 atom stereocenters. The van der Waals surface area contributed by atoms with Crippen molar-refractivity contribution in [3.05, 3.63) is 0 Å². The molecule has 17 heavy (non-hydrogen) atoms. The Morgan fingerprint density at radius 2 is 2.06 bits per heavy atom. The molecule has 0 bridgehead atoms. The van der Waals surface area contributed by atoms with Crippen molar-refractivity contribution in [1.82, 2.24) is 10.0 Å². The number of rotatable bonds is 9. The molecule has 1 saturated carbocycles. The van der Waals surface area contributed by atoms with E-state index < -0.39 is 10.0 Å². The molecular weight excluding hydrogens is 244 g/mol. The Morgan fingerprint density at radius 3 is 2.65 bits per heavy atom. The fourth-order valence-electron chi connectivity index (χ4n) is 1.35. The lowest BCUT2D eigenvalue weighted by atomic mass is 10.4. The minimum absolute atomic E-state index is 0.0311. The molecule has 2 N–H and O–H groups in total. The second kappa shape index (κ2) is 6.93. The first-order valence-corrected chi connectivity index (χ1v) is 7.44. The first-order chi connectivity index (χ1) is 8.05. The molecule has 7 heteroatoms. The van der Waals surface area contributed by atoms with Gasteiger partial charge in [0.2, 0.25) is 15.9 Å². The predicted molar refractivity (Wildman–Crippen MR) is 64.0 cm³/mol. The van der Waals surface area contributed by atoms with Gasteiger partial charge in [0.15, 0.2) is 0 Å². The topological polar surface area (TPSA) is 84.5 Å². The highest BCUT2D eigenvalue weighted by atomic mass is 32.2. The van der Waals surface area contributed by atoms with Crippen molar-refractivity contribution in [2.45, 2.75) is 19.3 Å². The van der Waals surface area contributed by atoms with Gasteiger partial charge in [-0.1, -0.05) is 0 Å². The van der Waals surface area contributed by atoms with E-state index in [1.807, 2.05) is 0 Å². The van der Waals surface area contributed by atoms with Gasteiger partial charge in [0.1, 0.15) is 0 Å². The van der Waals surface area contributed by atoms with Gasteiger partial charge >= 0.3 is 0 Å². The Balaban J connectivity index is 2.05. The maximum Gasteiger partial charge on any atom is 0.223 e. The van der Waals surface area contributed by atoms with E-state index in [1.54, 1.807) is 0 Å². The summed E-state index contributed by atoms with van der Waals surface area (Å²) in [5.41, 5.74) is 0. The standard InChI is InChI=1S/C10H20N2O4S/c1-16-7-2-8-17(14,15)12-6-5-11-10(13)9-3-4-9/h9,12H,2-8H2,1H3,(H,11,13). The summed E-state index contributed by atoms with van der Waals surface area (Å²) in [6.45, 7) is 1.02. The quantitative estimate of drug-likeness (QED) is 0.548. The van der Waals surface area contributed by atoms with Crippen LogP contribution in [0, 0.1) is 5.92 Å². The lowest BCUT2D eigenvalue weighted by Gasteiger charge is -2.07. The third kappa shape index (κ3) is 6.60. The van der Waals surface area contributed by atoms with Crippen LogP contribution in [-0.2, 0) is 19.6 Å². The molecule has 6 nitrogen and oxygen atoms in total. The summed E-state index contributed by atoms with van der Waals surface area (Å²) in [5, 5.41) is 2.69. The molecule has 1 fully saturated rings. The van der Waals surface area contributed by atoms with Crippen molar-refractivity contribution in [1.29, 1.82) is 0 Å². The fraction of sp³-hybridized carbons (Fsp3) is 0.900. The Bertz CT molecular complexity index is 338. The molecule has 0 aliphatic heterocycles. The summed E-state index contributed by atoms with van der Waals surface area (Å²) in [4.78, 5) is 11.2. The van der Waals surface area contributed by atoms with Gasteiger partial charge in [-0.3, -0.25) is 4.79 Å². The zero-order valence-electron chi connectivity index (χ0n) is 10.1. The summed E-state index contributed by atoms with van der Waals surface area (Å²) in [6.07, 6.45) is 2.38. The molecule has 0 radical (unpaired) electrons. The van der Waals surface area contributed by atoms with Crippen LogP contribution in [0.2, 0.25) is 0 Å². The van der Waals surface area contributed by atoms with E-state index in [0.717, 1.165) is 12.8 Å². The van der Waals surface area contributed by atoms with E-state index in [2.05, 4.69) is 10.0 Å². The first-order valence-electron chi connectivity index (χ1n) is 5.79. The molecule has 1 amide bonds. The number of amides is 1. The van der Waals surface area contributed by atoms with Crippen LogP contribution in [0.25, 0.3) is 0 Å². The lowest BCUT2D eigenvalue weighted by molar-refractivity contribution is -0.122. The molecule has 0 aromatic heterocycles. The molecule has 1 aliphatic carbocycles. The van der Waals surface area contributed by atoms with Gasteiger partial charge in [0.05, 0.1) is 5.75 Å². The van der Waals surface area contributed by atoms with Crippen molar-refractivity contribution in [2.24, 2.45) is 5.92 Å². The number of hydrogen-bond donors (Lipinski definition) is 2. The zero-order chi connectivity index (χ0) is 12.7. The van der Waals surface area contributed by atoms with Gasteiger partial charge in [-0.15, -0.1) is 0 Å². The van der Waals surface area contributed by atoms with Crippen LogP contribution < -0.4 is 10.0 Å². The molecule has 0 unspecified atom stereocenters. The summed E-state index contributed by atoms with van der Waals surface area (Å²) in [6, 6.07) is 0. The number of ether oxygens (including phenoxy) is 1. The van der Waals surface area contributed by atoms with Crippen LogP contribution >= 0.6 is 0 Å². The highest BCUT2D eigenvalue weighted by Gasteiger charge is 2.29. The summed E-state index contributed by atoms with van der Waals surface area (Å²) >= 11 is 0. The number of carbonyl (C=O) groups is 1. The number of nitrogens with one attached hydrogen (secondary N) is 2. The van der Waals surface area contributed by atoms with Crippen LogP contribution in [0.3, 0.4) is 0 Å². The van der Waals surface area contributed by atoms with Gasteiger partial charge in [0.25, 0.3) is 0 Å². The molecule has 0 saturated heterocycles. The zero-order valence-corrected chi connectivity index (χ0v) is 10.9. The maximum absolute atomic E-state index is 11.4. The molecule has 0 aromatic rings. The molecule has 0 aromatic carbocycles. The van der Waals surface area contributed by atoms with Crippen LogP contribution in [0.5, 0.6) is 0 Å². The number of carbonyl (C=O) groups excluding carboxylic acids is 1. The van der Waals surface area contributed by atoms with Crippen LogP contribution in [-0.4, -0.2) is 46.9 Å². The van der Waals surface area contributed by atoms with E-state index in [1.165, 1.54) is 7.11 Å². The van der Waals surface area contributed by atoms with Crippen molar-refractivity contribution in [3.63, 3.8) is 0 Å². The fourth-order valence-corrected chi connectivity index (χ4v) is 2.40. The van der Waals surface area contributed by atoms with E-state index in [4.69, 9.17) is 4.74 Å². The Morgan fingerprint density at radius 1 is 1.35 bits per heavy atom. The van der Waals surface area contributed by atoms with Gasteiger partial charge < -0.3 is 10.1 Å². The smallest absolute Gasteiger partial charge is 0.223 e. The normalized spacial score (nSPS) is 15.8. The number of sulfonamides is 1. The second-order valence-electron chi connectivity index (χ2n) is 4.12. The Kier molecular flexibility index (Phi) is 5.87. The third-order valence-electron chi connectivity index (χ3n) is 2.46. The largest absolute Gasteiger partial charge is 0.385 e. The Labute approximate surface area is 102 Å². The van der Waals surface area contributed by atoms with Gasteiger partial charge in [-0.25, -0.2) is 13.1 Å². The number of methoxy groups -OCH3 is 1. The summed E-state index contributed by atoms with van der Waals surface area (Å²) in [7, 11) is -1.70. The summed E-state index contributed by atoms with van der Waals surface area (Å²) < 4.78 is 30.0. The number of hydrogen-bond acceptors (Lipinski definition) is 4. The highest BCUT2D eigenvalue weighted by molar-refractivity contribution is 7.89. The average molecular weight is 264 g/mol. The maximum atomic E-state index is 11.4. The summed E-state index contributed by atoms with van der Waals surface area (Å²) in [5.74, 6) is 0.245. The van der Waals surface area contributed by atoms with Gasteiger partial charge in [-0.2, -0.15) is 0 Å². The minimum atomic E-state index is -3.24. The molecule has 0 heterocycles. The third-order valence-corrected chi connectivity index (χ3v) is 3.93. The SMILES string of the molecule is COCCCS(=O)(=O)NCCNC(=O)C1CC1.